The molecular formula is C25H24N2O2. The molecule has 0 spiro atoms. The molecule has 3 aromatic rings. The van der Waals surface area contributed by atoms with Crippen LogP contribution in [0.25, 0.3) is 0 Å². The minimum atomic E-state index is -0.324. The molecule has 0 saturated carbocycles. The lowest BCUT2D eigenvalue weighted by Gasteiger charge is -2.26. The molecule has 4 rings (SSSR count). The van der Waals surface area contributed by atoms with Gasteiger partial charge in [-0.05, 0) is 23.3 Å². The van der Waals surface area contributed by atoms with Crippen molar-refractivity contribution < 1.29 is 9.59 Å². The molecule has 29 heavy (non-hydrogen) atoms. The zero-order chi connectivity index (χ0) is 20.1. The lowest BCUT2D eigenvalue weighted by molar-refractivity contribution is -0.137. The Morgan fingerprint density at radius 1 is 0.793 bits per heavy atom. The molecule has 4 nitrogen and oxygen atoms in total. The van der Waals surface area contributed by atoms with Crippen molar-refractivity contribution in [1.82, 2.24) is 4.90 Å². The molecule has 2 amide bonds. The van der Waals surface area contributed by atoms with E-state index in [1.165, 1.54) is 0 Å². The molecule has 1 saturated heterocycles. The number of carbonyl (C=O) groups is 2. The van der Waals surface area contributed by atoms with Crippen molar-refractivity contribution in [2.45, 2.75) is 19.5 Å². The molecule has 3 aromatic carbocycles. The van der Waals surface area contributed by atoms with Gasteiger partial charge in [-0.1, -0.05) is 78.9 Å². The van der Waals surface area contributed by atoms with Crippen LogP contribution in [0.1, 0.15) is 17.5 Å². The quantitative estimate of drug-likeness (QED) is 0.637. The Balaban J connectivity index is 1.53. The highest BCUT2D eigenvalue weighted by atomic mass is 16.2. The molecule has 0 unspecified atom stereocenters. The summed E-state index contributed by atoms with van der Waals surface area (Å²) in [5.74, 6) is -0.284. The molecule has 0 bridgehead atoms. The summed E-state index contributed by atoms with van der Waals surface area (Å²) in [4.78, 5) is 29.6. The van der Waals surface area contributed by atoms with E-state index < -0.39 is 0 Å². The molecule has 4 heteroatoms. The van der Waals surface area contributed by atoms with Crippen molar-refractivity contribution in [3.8, 4) is 0 Å². The number of hydrogen-bond donors (Lipinski definition) is 0. The van der Waals surface area contributed by atoms with E-state index in [4.69, 9.17) is 0 Å². The highest BCUT2D eigenvalue weighted by Gasteiger charge is 2.37. The molecular weight excluding hydrogens is 360 g/mol. The number of nitrogens with zero attached hydrogens (tertiary/aromatic N) is 2. The Kier molecular flexibility index (Phi) is 5.71. The smallest absolute Gasteiger partial charge is 0.228 e. The van der Waals surface area contributed by atoms with Crippen molar-refractivity contribution in [1.29, 1.82) is 0 Å². The second kappa shape index (κ2) is 8.74. The van der Waals surface area contributed by atoms with Gasteiger partial charge >= 0.3 is 0 Å². The maximum absolute atomic E-state index is 13.4. The van der Waals surface area contributed by atoms with Crippen molar-refractivity contribution in [3.63, 3.8) is 0 Å². The zero-order valence-electron chi connectivity index (χ0n) is 16.3. The fraction of sp³-hybridized carbons (Fsp3) is 0.200. The first kappa shape index (κ1) is 18.9. The molecule has 1 aliphatic heterocycles. The molecule has 0 aliphatic carbocycles. The van der Waals surface area contributed by atoms with Crippen LogP contribution >= 0.6 is 0 Å². The van der Waals surface area contributed by atoms with Crippen molar-refractivity contribution in [3.05, 3.63) is 102 Å². The fourth-order valence-electron chi connectivity index (χ4n) is 3.81. The number of para-hydroxylation sites is 1. The SMILES string of the molecule is O=C([C@@H]1CC(=O)N(c2ccccc2)C1)N(Cc1ccccc1)Cc1ccccc1. The minimum absolute atomic E-state index is 0.00826. The van der Waals surface area contributed by atoms with Crippen LogP contribution in [-0.4, -0.2) is 23.3 Å². The summed E-state index contributed by atoms with van der Waals surface area (Å²) in [6.45, 7) is 1.50. The first-order valence-electron chi connectivity index (χ1n) is 9.93. The van der Waals surface area contributed by atoms with Gasteiger partial charge < -0.3 is 9.80 Å². The molecule has 1 fully saturated rings. The number of hydrogen-bond acceptors (Lipinski definition) is 2. The van der Waals surface area contributed by atoms with Gasteiger partial charge in [-0.25, -0.2) is 0 Å². The molecule has 0 radical (unpaired) electrons. The standard InChI is InChI=1S/C25H24N2O2/c28-24-16-22(19-27(24)23-14-8-3-9-15-23)25(29)26(17-20-10-4-1-5-11-20)18-21-12-6-2-7-13-21/h1-15,22H,16-19H2/t22-/m1/s1. The van der Waals surface area contributed by atoms with Crippen LogP contribution in [0.2, 0.25) is 0 Å². The van der Waals surface area contributed by atoms with Crippen LogP contribution in [0.4, 0.5) is 5.69 Å². The molecule has 0 N–H and O–H groups in total. The maximum atomic E-state index is 13.4. The van der Waals surface area contributed by atoms with Crippen molar-refractivity contribution in [2.75, 3.05) is 11.4 Å². The second-order valence-corrected chi connectivity index (χ2v) is 7.41. The topological polar surface area (TPSA) is 40.6 Å². The number of carbonyl (C=O) groups excluding carboxylic acids is 2. The van der Waals surface area contributed by atoms with Gasteiger partial charge in [0, 0.05) is 31.7 Å². The van der Waals surface area contributed by atoms with Gasteiger partial charge in [0.05, 0.1) is 5.92 Å². The molecule has 146 valence electrons. The summed E-state index contributed by atoms with van der Waals surface area (Å²) < 4.78 is 0. The van der Waals surface area contributed by atoms with E-state index in [2.05, 4.69) is 0 Å². The Morgan fingerprint density at radius 2 is 1.28 bits per heavy atom. The van der Waals surface area contributed by atoms with Crippen LogP contribution in [0.3, 0.4) is 0 Å². The predicted molar refractivity (Wildman–Crippen MR) is 114 cm³/mol. The third-order valence-corrected chi connectivity index (χ3v) is 5.29. The van der Waals surface area contributed by atoms with E-state index in [1.54, 1.807) is 4.90 Å². The van der Waals surface area contributed by atoms with Gasteiger partial charge in [-0.3, -0.25) is 9.59 Å². The fourth-order valence-corrected chi connectivity index (χ4v) is 3.81. The van der Waals surface area contributed by atoms with Gasteiger partial charge in [0.15, 0.2) is 0 Å². The monoisotopic (exact) mass is 384 g/mol. The summed E-state index contributed by atoms with van der Waals surface area (Å²) in [6, 6.07) is 29.6. The Bertz CT molecular complexity index is 916. The van der Waals surface area contributed by atoms with E-state index >= 15 is 0 Å². The average molecular weight is 384 g/mol. The average Bonchev–Trinajstić information content (AvgIpc) is 3.16. The van der Waals surface area contributed by atoms with Crippen molar-refractivity contribution in [2.24, 2.45) is 5.92 Å². The maximum Gasteiger partial charge on any atom is 0.228 e. The summed E-state index contributed by atoms with van der Waals surface area (Å²) in [5, 5.41) is 0. The number of amides is 2. The molecule has 1 aliphatic rings. The summed E-state index contributed by atoms with van der Waals surface area (Å²) in [7, 11) is 0. The van der Waals surface area contributed by atoms with Crippen LogP contribution < -0.4 is 4.90 Å². The Labute approximate surface area is 171 Å². The van der Waals surface area contributed by atoms with E-state index in [1.807, 2.05) is 95.9 Å². The zero-order valence-corrected chi connectivity index (χ0v) is 16.3. The van der Waals surface area contributed by atoms with Crippen molar-refractivity contribution >= 4 is 17.5 Å². The number of rotatable bonds is 6. The third kappa shape index (κ3) is 4.54. The van der Waals surface area contributed by atoms with Crippen LogP contribution in [0.5, 0.6) is 0 Å². The number of anilines is 1. The van der Waals surface area contributed by atoms with E-state index in [0.717, 1.165) is 16.8 Å². The van der Waals surface area contributed by atoms with Gasteiger partial charge in [0.1, 0.15) is 0 Å². The van der Waals surface area contributed by atoms with Crippen LogP contribution in [-0.2, 0) is 22.7 Å². The Hall–Kier alpha value is -3.40. The lowest BCUT2D eigenvalue weighted by Crippen LogP contribution is -2.36. The van der Waals surface area contributed by atoms with Gasteiger partial charge in [0.25, 0.3) is 0 Å². The lowest BCUT2D eigenvalue weighted by atomic mass is 10.1. The minimum Gasteiger partial charge on any atom is -0.334 e. The summed E-state index contributed by atoms with van der Waals surface area (Å²) >= 11 is 0. The predicted octanol–water partition coefficient (Wildman–Crippen LogP) is 4.27. The summed E-state index contributed by atoms with van der Waals surface area (Å²) in [6.07, 6.45) is 0.258. The van der Waals surface area contributed by atoms with Crippen LogP contribution in [0.15, 0.2) is 91.0 Å². The Morgan fingerprint density at radius 3 is 1.79 bits per heavy atom. The second-order valence-electron chi connectivity index (χ2n) is 7.41. The molecule has 1 atom stereocenters. The highest BCUT2D eigenvalue weighted by molar-refractivity contribution is 6.00. The summed E-state index contributed by atoms with van der Waals surface area (Å²) in [5.41, 5.74) is 3.02. The van der Waals surface area contributed by atoms with Gasteiger partial charge in [-0.15, -0.1) is 0 Å². The number of benzene rings is 3. The molecule has 0 aromatic heterocycles. The largest absolute Gasteiger partial charge is 0.334 e. The third-order valence-electron chi connectivity index (χ3n) is 5.29. The van der Waals surface area contributed by atoms with Gasteiger partial charge in [0.2, 0.25) is 11.8 Å². The molecule has 1 heterocycles. The first-order valence-corrected chi connectivity index (χ1v) is 9.93. The van der Waals surface area contributed by atoms with Crippen LogP contribution in [0, 0.1) is 5.92 Å². The van der Waals surface area contributed by atoms with E-state index in [0.29, 0.717) is 19.6 Å². The van der Waals surface area contributed by atoms with E-state index in [-0.39, 0.29) is 24.2 Å². The first-order chi connectivity index (χ1) is 14.2. The normalized spacial score (nSPS) is 16.1. The van der Waals surface area contributed by atoms with Gasteiger partial charge in [-0.2, -0.15) is 0 Å². The highest BCUT2D eigenvalue weighted by Crippen LogP contribution is 2.27. The van der Waals surface area contributed by atoms with E-state index in [9.17, 15) is 9.59 Å².